The van der Waals surface area contributed by atoms with Gasteiger partial charge in [0.1, 0.15) is 1.52 Å². The van der Waals surface area contributed by atoms with Gasteiger partial charge in [-0.05, 0) is 12.8 Å². The molecule has 1 heterocycles. The fourth-order valence-electron chi connectivity index (χ4n) is 1.70. The van der Waals surface area contributed by atoms with Gasteiger partial charge in [-0.15, -0.1) is 11.8 Å². The summed E-state index contributed by atoms with van der Waals surface area (Å²) in [5.74, 6) is 0. The van der Waals surface area contributed by atoms with E-state index in [1.165, 1.54) is 25.7 Å². The molecule has 0 amide bonds. The van der Waals surface area contributed by atoms with Crippen LogP contribution in [-0.2, 0) is 0 Å². The highest BCUT2D eigenvalue weighted by Crippen LogP contribution is 2.72. The van der Waals surface area contributed by atoms with E-state index in [2.05, 4.69) is 116 Å². The molecular formula is C9H14I4S. The van der Waals surface area contributed by atoms with E-state index in [0.717, 1.165) is 0 Å². The third-order valence-electron chi connectivity index (χ3n) is 2.66. The Morgan fingerprint density at radius 2 is 1.79 bits per heavy atom. The summed E-state index contributed by atoms with van der Waals surface area (Å²) in [6, 6.07) is 0. The summed E-state index contributed by atoms with van der Waals surface area (Å²) in [5.41, 5.74) is 0.497. The minimum atomic E-state index is 0.375. The Kier molecular flexibility index (Phi) is 6.02. The highest BCUT2D eigenvalue weighted by atomic mass is 127. The van der Waals surface area contributed by atoms with Crippen molar-refractivity contribution >= 4 is 102 Å². The quantitative estimate of drug-likeness (QED) is 0.251. The van der Waals surface area contributed by atoms with Gasteiger partial charge in [0.2, 0.25) is 0 Å². The van der Waals surface area contributed by atoms with Gasteiger partial charge in [0.15, 0.2) is 0 Å². The highest BCUT2D eigenvalue weighted by Gasteiger charge is 2.57. The fourth-order valence-corrected chi connectivity index (χ4v) is 14.8. The smallest absolute Gasteiger partial charge is 0.105 e. The Balaban J connectivity index is 2.77. The molecule has 1 saturated heterocycles. The molecule has 0 spiro atoms. The summed E-state index contributed by atoms with van der Waals surface area (Å²) in [6.45, 7) is 4.75. The Morgan fingerprint density at radius 3 is 2.14 bits per heavy atom. The lowest BCUT2D eigenvalue weighted by Crippen LogP contribution is -2.28. The van der Waals surface area contributed by atoms with Crippen molar-refractivity contribution in [1.82, 2.24) is 0 Å². The van der Waals surface area contributed by atoms with Crippen LogP contribution in [0, 0.1) is 5.41 Å². The van der Waals surface area contributed by atoms with E-state index in [1.54, 1.807) is 0 Å². The molecule has 1 atom stereocenters. The number of thioether (sulfide) groups is 1. The average molecular weight is 662 g/mol. The summed E-state index contributed by atoms with van der Waals surface area (Å²) in [5, 5.41) is 0. The maximum atomic E-state index is 2.65. The summed E-state index contributed by atoms with van der Waals surface area (Å²) in [7, 11) is 0. The number of alkyl halides is 4. The van der Waals surface area contributed by atoms with E-state index in [-0.39, 0.29) is 0 Å². The predicted molar refractivity (Wildman–Crippen MR) is 101 cm³/mol. The van der Waals surface area contributed by atoms with Crippen LogP contribution in [0.2, 0.25) is 0 Å². The summed E-state index contributed by atoms with van der Waals surface area (Å²) >= 11 is 12.6. The molecule has 0 aliphatic carbocycles. The van der Waals surface area contributed by atoms with Crippen molar-refractivity contribution in [2.24, 2.45) is 5.41 Å². The molecule has 84 valence electrons. The van der Waals surface area contributed by atoms with E-state index in [4.69, 9.17) is 0 Å². The monoisotopic (exact) mass is 662 g/mol. The number of unbranched alkanes of at least 4 members (excludes halogenated alkanes) is 1. The molecule has 0 aromatic heterocycles. The van der Waals surface area contributed by atoms with E-state index >= 15 is 0 Å². The SMILES string of the molecule is CCCCC1(C)CC(I)(I)SC1(I)I. The molecule has 14 heavy (non-hydrogen) atoms. The molecule has 0 radical (unpaired) electrons. The van der Waals surface area contributed by atoms with E-state index in [0.29, 0.717) is 6.94 Å². The third-order valence-corrected chi connectivity index (χ3v) is 9.86. The minimum absolute atomic E-state index is 0.375. The fraction of sp³-hybridized carbons (Fsp3) is 1.00. The number of rotatable bonds is 3. The van der Waals surface area contributed by atoms with E-state index in [1.807, 2.05) is 0 Å². The Morgan fingerprint density at radius 1 is 1.21 bits per heavy atom. The van der Waals surface area contributed by atoms with Crippen LogP contribution in [-0.4, -0.2) is 1.52 Å². The second-order valence-electron chi connectivity index (χ2n) is 4.10. The Bertz CT molecular complexity index is 217. The largest absolute Gasteiger partial charge is 0.126 e. The van der Waals surface area contributed by atoms with Crippen molar-refractivity contribution in [2.75, 3.05) is 0 Å². The van der Waals surface area contributed by atoms with Crippen molar-refractivity contribution in [3.8, 4) is 0 Å². The predicted octanol–water partition coefficient (Wildman–Crippen LogP) is 6.37. The normalized spacial score (nSPS) is 34.7. The van der Waals surface area contributed by atoms with Crippen LogP contribution in [0.1, 0.15) is 39.5 Å². The van der Waals surface area contributed by atoms with Crippen LogP contribution in [0.5, 0.6) is 0 Å². The average Bonchev–Trinajstić information content (AvgIpc) is 2.12. The molecule has 0 aromatic carbocycles. The van der Waals surface area contributed by atoms with Crippen LogP contribution in [0.4, 0.5) is 0 Å². The summed E-state index contributed by atoms with van der Waals surface area (Å²) in [4.78, 5) is 0. The zero-order valence-corrected chi connectivity index (χ0v) is 17.7. The summed E-state index contributed by atoms with van der Waals surface area (Å²) in [6.07, 6.45) is 5.39. The van der Waals surface area contributed by atoms with Gasteiger partial charge in [0.05, 0.1) is 0 Å². The second-order valence-corrected chi connectivity index (χ2v) is 19.6. The first kappa shape index (κ1) is 15.3. The molecule has 1 aliphatic heterocycles. The molecule has 0 aromatic rings. The van der Waals surface area contributed by atoms with Gasteiger partial charge in [0, 0.05) is 5.41 Å². The van der Waals surface area contributed by atoms with E-state index < -0.39 is 0 Å². The van der Waals surface area contributed by atoms with Gasteiger partial charge < -0.3 is 0 Å². The molecule has 0 N–H and O–H groups in total. The lowest BCUT2D eigenvalue weighted by atomic mass is 9.85. The van der Waals surface area contributed by atoms with Crippen molar-refractivity contribution in [3.63, 3.8) is 0 Å². The van der Waals surface area contributed by atoms with Crippen molar-refractivity contribution in [1.29, 1.82) is 0 Å². The second kappa shape index (κ2) is 5.50. The molecule has 0 nitrogen and oxygen atoms in total. The molecule has 5 heteroatoms. The molecule has 1 fully saturated rings. The molecule has 1 rings (SSSR count). The first-order valence-corrected chi connectivity index (χ1v) is 9.81. The summed E-state index contributed by atoms with van der Waals surface area (Å²) < 4.78 is 0.778. The highest BCUT2D eigenvalue weighted by molar-refractivity contribution is 14.2. The van der Waals surface area contributed by atoms with Gasteiger partial charge >= 0.3 is 0 Å². The van der Waals surface area contributed by atoms with Crippen LogP contribution in [0.3, 0.4) is 0 Å². The molecule has 1 unspecified atom stereocenters. The minimum Gasteiger partial charge on any atom is -0.105 e. The first-order valence-electron chi connectivity index (χ1n) is 4.68. The van der Waals surface area contributed by atoms with Gasteiger partial charge in [-0.1, -0.05) is 117 Å². The first-order chi connectivity index (χ1) is 6.22. The van der Waals surface area contributed by atoms with Gasteiger partial charge in [-0.25, -0.2) is 0 Å². The maximum Gasteiger partial charge on any atom is 0.126 e. The van der Waals surface area contributed by atoms with Crippen molar-refractivity contribution in [2.45, 2.75) is 41.1 Å². The number of halogens is 4. The van der Waals surface area contributed by atoms with Gasteiger partial charge in [0.25, 0.3) is 0 Å². The molecule has 0 bridgehead atoms. The molecule has 0 saturated carbocycles. The lowest BCUT2D eigenvalue weighted by Gasteiger charge is -2.33. The van der Waals surface area contributed by atoms with E-state index in [9.17, 15) is 0 Å². The topological polar surface area (TPSA) is 0 Å². The molecular weight excluding hydrogens is 648 g/mol. The number of hydrogen-bond donors (Lipinski definition) is 0. The Hall–Kier alpha value is 3.27. The van der Waals surface area contributed by atoms with Crippen molar-refractivity contribution in [3.05, 3.63) is 0 Å². The van der Waals surface area contributed by atoms with Gasteiger partial charge in [-0.3, -0.25) is 0 Å². The van der Waals surface area contributed by atoms with Crippen molar-refractivity contribution < 1.29 is 0 Å². The lowest BCUT2D eigenvalue weighted by molar-refractivity contribution is 0.318. The Labute approximate surface area is 146 Å². The molecule has 1 aliphatic rings. The van der Waals surface area contributed by atoms with Crippen LogP contribution in [0.15, 0.2) is 0 Å². The van der Waals surface area contributed by atoms with Crippen LogP contribution in [0.25, 0.3) is 0 Å². The zero-order valence-electron chi connectivity index (χ0n) is 8.25. The van der Waals surface area contributed by atoms with Gasteiger partial charge in [-0.2, -0.15) is 0 Å². The van der Waals surface area contributed by atoms with Crippen LogP contribution < -0.4 is 0 Å². The number of hydrogen-bond acceptors (Lipinski definition) is 1. The third kappa shape index (κ3) is 3.63. The standard InChI is InChI=1S/C9H14I4S/c1-3-4-5-7(2)6-8(10,11)14-9(7,12)13/h3-6H2,1-2H3. The maximum absolute atomic E-state index is 2.65. The van der Waals surface area contributed by atoms with Crippen LogP contribution >= 0.6 is 102 Å². The zero-order chi connectivity index (χ0) is 11.0.